The second-order valence-electron chi connectivity index (χ2n) is 6.12. The van der Waals surface area contributed by atoms with Crippen LogP contribution in [-0.2, 0) is 9.53 Å². The van der Waals surface area contributed by atoms with Gasteiger partial charge in [0.05, 0.1) is 12.6 Å². The number of aliphatic hydroxyl groups is 1. The van der Waals surface area contributed by atoms with Gasteiger partial charge in [0.25, 0.3) is 5.91 Å². The number of H-pyrrole nitrogens is 1. The Morgan fingerprint density at radius 1 is 1.08 bits per heavy atom. The lowest BCUT2D eigenvalue weighted by molar-refractivity contribution is -0.152. The number of rotatable bonds is 3. The molecule has 0 radical (unpaired) electrons. The minimum absolute atomic E-state index is 0.150. The van der Waals surface area contributed by atoms with E-state index in [4.69, 9.17) is 4.74 Å². The van der Waals surface area contributed by atoms with Crippen LogP contribution in [0, 0.1) is 0 Å². The minimum atomic E-state index is -0.780. The van der Waals surface area contributed by atoms with Gasteiger partial charge in [-0.25, -0.2) is 0 Å². The highest BCUT2D eigenvalue weighted by molar-refractivity contribution is 5.91. The van der Waals surface area contributed by atoms with Gasteiger partial charge in [-0.15, -0.1) is 0 Å². The summed E-state index contributed by atoms with van der Waals surface area (Å²) in [5.74, 6) is -0.129. The fourth-order valence-corrected chi connectivity index (χ4v) is 3.28. The van der Waals surface area contributed by atoms with E-state index in [1.807, 2.05) is 24.3 Å². The van der Waals surface area contributed by atoms with E-state index in [1.165, 1.54) is 0 Å². The molecule has 6 heteroatoms. The van der Waals surface area contributed by atoms with Crippen LogP contribution >= 0.6 is 0 Å². The second kappa shape index (κ2) is 6.23. The number of aliphatic hydroxyl groups excluding tert-OH is 1. The Balaban J connectivity index is 1.71. The van der Waals surface area contributed by atoms with Gasteiger partial charge in [-0.1, -0.05) is 30.3 Å². The van der Waals surface area contributed by atoms with Crippen molar-refractivity contribution in [1.82, 2.24) is 10.3 Å². The molecular weight excluding hydrogens is 320 g/mol. The number of carbonyl (C=O) groups is 1. The molecule has 1 saturated heterocycles. The van der Waals surface area contributed by atoms with E-state index < -0.39 is 18.2 Å². The van der Waals surface area contributed by atoms with Crippen molar-refractivity contribution in [1.29, 1.82) is 0 Å². The lowest BCUT2D eigenvalue weighted by atomic mass is 9.97. The molecule has 25 heavy (non-hydrogen) atoms. The minimum Gasteiger partial charge on any atom is -0.508 e. The first-order valence-electron chi connectivity index (χ1n) is 8.09. The fraction of sp³-hybridized carbons (Fsp3) is 0.211. The number of fused-ring (bicyclic) bond motifs is 1. The van der Waals surface area contributed by atoms with Crippen LogP contribution in [-0.4, -0.2) is 33.8 Å². The summed E-state index contributed by atoms with van der Waals surface area (Å²) in [4.78, 5) is 15.7. The van der Waals surface area contributed by atoms with Crippen molar-refractivity contribution in [2.75, 3.05) is 6.61 Å². The van der Waals surface area contributed by atoms with Crippen molar-refractivity contribution in [2.24, 2.45) is 0 Å². The average Bonchev–Trinajstić information content (AvgIpc) is 3.06. The van der Waals surface area contributed by atoms with Crippen LogP contribution in [0.1, 0.15) is 23.3 Å². The molecule has 0 unspecified atom stereocenters. The van der Waals surface area contributed by atoms with Gasteiger partial charge in [-0.3, -0.25) is 4.79 Å². The van der Waals surface area contributed by atoms with Crippen LogP contribution in [0.5, 0.6) is 5.75 Å². The van der Waals surface area contributed by atoms with Gasteiger partial charge in [0, 0.05) is 22.7 Å². The molecule has 6 nitrogen and oxygen atoms in total. The maximum Gasteiger partial charge on any atom is 0.254 e. The van der Waals surface area contributed by atoms with Crippen LogP contribution in [0.3, 0.4) is 0 Å². The Hall–Kier alpha value is -2.83. The number of hydrogen-bond acceptors (Lipinski definition) is 4. The maximum atomic E-state index is 12.5. The van der Waals surface area contributed by atoms with Crippen LogP contribution in [0.2, 0.25) is 0 Å². The molecular formula is C19H18N2O4. The van der Waals surface area contributed by atoms with Crippen molar-refractivity contribution in [3.05, 3.63) is 65.9 Å². The first-order valence-corrected chi connectivity index (χ1v) is 8.09. The zero-order chi connectivity index (χ0) is 17.4. The van der Waals surface area contributed by atoms with Crippen LogP contribution in [0.15, 0.2) is 54.7 Å². The van der Waals surface area contributed by atoms with Crippen molar-refractivity contribution in [3.8, 4) is 5.75 Å². The molecule has 1 amide bonds. The Morgan fingerprint density at radius 3 is 2.60 bits per heavy atom. The summed E-state index contributed by atoms with van der Waals surface area (Å²) in [6, 6.07) is 13.7. The molecule has 2 aromatic carbocycles. The monoisotopic (exact) mass is 338 g/mol. The highest BCUT2D eigenvalue weighted by atomic mass is 16.5. The van der Waals surface area contributed by atoms with Gasteiger partial charge >= 0.3 is 0 Å². The van der Waals surface area contributed by atoms with Gasteiger partial charge in [0.1, 0.15) is 11.9 Å². The number of benzene rings is 2. The molecule has 1 fully saturated rings. The lowest BCUT2D eigenvalue weighted by Crippen LogP contribution is -2.50. The number of ether oxygens (including phenoxy) is 1. The normalized spacial score (nSPS) is 23.6. The predicted molar refractivity (Wildman–Crippen MR) is 92.0 cm³/mol. The SMILES string of the molecule is O=C1N[C@H](CO)[C@@H](c2ccc(O)cc2)O[C@H]1c1c[nH]c2ccccc12. The number of phenols is 1. The van der Waals surface area contributed by atoms with Crippen LogP contribution in [0.25, 0.3) is 10.9 Å². The van der Waals surface area contributed by atoms with Crippen molar-refractivity contribution in [2.45, 2.75) is 18.2 Å². The van der Waals surface area contributed by atoms with Crippen molar-refractivity contribution in [3.63, 3.8) is 0 Å². The fourth-order valence-electron chi connectivity index (χ4n) is 3.28. The molecule has 1 aromatic heterocycles. The number of hydrogen-bond donors (Lipinski definition) is 4. The Kier molecular flexibility index (Phi) is 3.91. The van der Waals surface area contributed by atoms with Gasteiger partial charge < -0.3 is 25.3 Å². The van der Waals surface area contributed by atoms with E-state index in [0.29, 0.717) is 0 Å². The zero-order valence-corrected chi connectivity index (χ0v) is 13.3. The molecule has 3 atom stereocenters. The molecule has 0 bridgehead atoms. The largest absolute Gasteiger partial charge is 0.508 e. The molecule has 1 aliphatic rings. The third-order valence-corrected chi connectivity index (χ3v) is 4.54. The Labute approximate surface area is 144 Å². The molecule has 0 spiro atoms. The topological polar surface area (TPSA) is 94.6 Å². The number of phenolic OH excluding ortho intramolecular Hbond substituents is 1. The summed E-state index contributed by atoms with van der Waals surface area (Å²) in [5, 5.41) is 22.9. The summed E-state index contributed by atoms with van der Waals surface area (Å²) in [6.07, 6.45) is 0.488. The van der Waals surface area contributed by atoms with Crippen LogP contribution < -0.4 is 5.32 Å². The summed E-state index contributed by atoms with van der Waals surface area (Å²) in [5.41, 5.74) is 2.47. The Morgan fingerprint density at radius 2 is 1.84 bits per heavy atom. The second-order valence-corrected chi connectivity index (χ2v) is 6.12. The number of amides is 1. The highest BCUT2D eigenvalue weighted by Crippen LogP contribution is 2.36. The predicted octanol–water partition coefficient (Wildman–Crippen LogP) is 2.16. The van der Waals surface area contributed by atoms with Crippen molar-refractivity contribution >= 4 is 16.8 Å². The molecule has 0 aliphatic carbocycles. The maximum absolute atomic E-state index is 12.5. The zero-order valence-electron chi connectivity index (χ0n) is 13.3. The van der Waals surface area contributed by atoms with E-state index >= 15 is 0 Å². The number of para-hydroxylation sites is 1. The third kappa shape index (κ3) is 2.75. The summed E-state index contributed by atoms with van der Waals surface area (Å²) in [7, 11) is 0. The standard InChI is InChI=1S/C19H18N2O4/c22-10-16-17(11-5-7-12(23)8-6-11)25-18(19(24)21-16)14-9-20-15-4-2-1-3-13(14)15/h1-9,16-18,20,22-23H,10H2,(H,21,24)/t16-,17-,18+/m1/s1. The first kappa shape index (κ1) is 15.7. The lowest BCUT2D eigenvalue weighted by Gasteiger charge is -2.36. The molecule has 1 aliphatic heterocycles. The molecule has 4 rings (SSSR count). The van der Waals surface area contributed by atoms with Gasteiger partial charge in [-0.05, 0) is 23.8 Å². The Bertz CT molecular complexity index is 903. The van der Waals surface area contributed by atoms with Gasteiger partial charge in [0.15, 0.2) is 6.10 Å². The van der Waals surface area contributed by atoms with E-state index in [-0.39, 0.29) is 18.3 Å². The third-order valence-electron chi connectivity index (χ3n) is 4.54. The first-order chi connectivity index (χ1) is 12.2. The summed E-state index contributed by atoms with van der Waals surface area (Å²) < 4.78 is 6.11. The smallest absolute Gasteiger partial charge is 0.254 e. The molecule has 2 heterocycles. The number of morpholine rings is 1. The quantitative estimate of drug-likeness (QED) is 0.589. The summed E-state index contributed by atoms with van der Waals surface area (Å²) in [6.45, 7) is -0.238. The number of nitrogens with one attached hydrogen (secondary N) is 2. The number of aromatic hydroxyl groups is 1. The van der Waals surface area contributed by atoms with E-state index in [0.717, 1.165) is 22.0 Å². The molecule has 4 N–H and O–H groups in total. The average molecular weight is 338 g/mol. The number of carbonyl (C=O) groups excluding carboxylic acids is 1. The summed E-state index contributed by atoms with van der Waals surface area (Å²) >= 11 is 0. The van der Waals surface area contributed by atoms with Crippen molar-refractivity contribution < 1.29 is 19.7 Å². The molecule has 0 saturated carbocycles. The number of aromatic amines is 1. The van der Waals surface area contributed by atoms with Crippen LogP contribution in [0.4, 0.5) is 0 Å². The van der Waals surface area contributed by atoms with Gasteiger partial charge in [0.2, 0.25) is 0 Å². The van der Waals surface area contributed by atoms with E-state index in [9.17, 15) is 15.0 Å². The highest BCUT2D eigenvalue weighted by Gasteiger charge is 2.38. The molecule has 3 aromatic rings. The molecule has 128 valence electrons. The van der Waals surface area contributed by atoms with E-state index in [1.54, 1.807) is 30.5 Å². The number of aromatic nitrogens is 1. The van der Waals surface area contributed by atoms with E-state index in [2.05, 4.69) is 10.3 Å². The van der Waals surface area contributed by atoms with Gasteiger partial charge in [-0.2, -0.15) is 0 Å².